The van der Waals surface area contributed by atoms with Crippen LogP contribution in [0.25, 0.3) is 0 Å². The Morgan fingerprint density at radius 2 is 2.10 bits per heavy atom. The van der Waals surface area contributed by atoms with Crippen LogP contribution in [0.1, 0.15) is 31.7 Å². The summed E-state index contributed by atoms with van der Waals surface area (Å²) in [6, 6.07) is 0.161. The van der Waals surface area contributed by atoms with Crippen molar-refractivity contribution >= 4 is 17.6 Å². The molecule has 0 amide bonds. The maximum Gasteiger partial charge on any atom is 0.399 e. The van der Waals surface area contributed by atoms with Crippen LogP contribution in [0.15, 0.2) is 5.16 Å². The van der Waals surface area contributed by atoms with E-state index in [1.807, 2.05) is 0 Å². The summed E-state index contributed by atoms with van der Waals surface area (Å²) < 4.78 is 39.7. The minimum absolute atomic E-state index is 0.161. The van der Waals surface area contributed by atoms with Gasteiger partial charge in [-0.25, -0.2) is 4.68 Å². The standard InChI is InChI=1S/C10H15F3N6S/c11-10(12,13)7(8(14)15)5-20-9-16-17-18-19(9)6-3-1-2-4-6/h6-7H,1-5H2,(H3,14,15). The highest BCUT2D eigenvalue weighted by molar-refractivity contribution is 7.99. The lowest BCUT2D eigenvalue weighted by Gasteiger charge is -2.18. The minimum Gasteiger partial charge on any atom is -0.387 e. The molecular weight excluding hydrogens is 293 g/mol. The fourth-order valence-electron chi connectivity index (χ4n) is 2.18. The van der Waals surface area contributed by atoms with Crippen molar-refractivity contribution in [3.8, 4) is 0 Å². The van der Waals surface area contributed by atoms with Gasteiger partial charge in [-0.3, -0.25) is 5.41 Å². The van der Waals surface area contributed by atoms with Crippen LogP contribution >= 0.6 is 11.8 Å². The van der Waals surface area contributed by atoms with Gasteiger partial charge in [0.15, 0.2) is 0 Å². The molecule has 1 saturated carbocycles. The summed E-state index contributed by atoms with van der Waals surface area (Å²) in [6.07, 6.45) is -0.493. The Balaban J connectivity index is 2.03. The molecule has 1 aliphatic carbocycles. The molecule has 1 aliphatic rings. The highest BCUT2D eigenvalue weighted by Crippen LogP contribution is 2.34. The first-order chi connectivity index (χ1) is 9.39. The number of tetrazole rings is 1. The molecule has 1 unspecified atom stereocenters. The van der Waals surface area contributed by atoms with Gasteiger partial charge >= 0.3 is 6.18 Å². The number of nitrogens with zero attached hydrogens (tertiary/aromatic N) is 4. The van der Waals surface area contributed by atoms with Gasteiger partial charge < -0.3 is 5.73 Å². The van der Waals surface area contributed by atoms with Crippen molar-refractivity contribution in [3.05, 3.63) is 0 Å². The van der Waals surface area contributed by atoms with Crippen LogP contribution in [0.4, 0.5) is 13.2 Å². The number of hydrogen-bond acceptors (Lipinski definition) is 5. The molecule has 3 N–H and O–H groups in total. The average molecular weight is 308 g/mol. The normalized spacial score (nSPS) is 18.4. The van der Waals surface area contributed by atoms with Gasteiger partial charge in [0, 0.05) is 5.75 Å². The van der Waals surface area contributed by atoms with Crippen molar-refractivity contribution < 1.29 is 13.2 Å². The third-order valence-electron chi connectivity index (χ3n) is 3.28. The molecule has 1 heterocycles. The molecule has 0 aliphatic heterocycles. The minimum atomic E-state index is -4.52. The molecule has 1 atom stereocenters. The highest BCUT2D eigenvalue weighted by atomic mass is 32.2. The Kier molecular flexibility index (Phi) is 4.51. The van der Waals surface area contributed by atoms with Gasteiger partial charge in [-0.1, -0.05) is 24.6 Å². The van der Waals surface area contributed by atoms with Gasteiger partial charge in [0.2, 0.25) is 5.16 Å². The van der Waals surface area contributed by atoms with E-state index in [4.69, 9.17) is 11.1 Å². The lowest BCUT2D eigenvalue weighted by Crippen LogP contribution is -2.37. The fraction of sp³-hybridized carbons (Fsp3) is 0.800. The number of halogens is 3. The van der Waals surface area contributed by atoms with Crippen molar-refractivity contribution in [2.75, 3.05) is 5.75 Å². The quantitative estimate of drug-likeness (QED) is 0.493. The zero-order valence-corrected chi connectivity index (χ0v) is 11.4. The molecule has 1 fully saturated rings. The molecule has 20 heavy (non-hydrogen) atoms. The molecule has 0 saturated heterocycles. The Morgan fingerprint density at radius 3 is 2.65 bits per heavy atom. The van der Waals surface area contributed by atoms with E-state index in [2.05, 4.69) is 15.5 Å². The van der Waals surface area contributed by atoms with Crippen molar-refractivity contribution in [3.63, 3.8) is 0 Å². The summed E-state index contributed by atoms with van der Waals surface area (Å²) in [7, 11) is 0. The van der Waals surface area contributed by atoms with Crippen molar-refractivity contribution in [1.82, 2.24) is 20.2 Å². The zero-order chi connectivity index (χ0) is 14.8. The van der Waals surface area contributed by atoms with Crippen LogP contribution in [-0.2, 0) is 0 Å². The van der Waals surface area contributed by atoms with E-state index in [9.17, 15) is 13.2 Å². The number of aromatic nitrogens is 4. The first-order valence-electron chi connectivity index (χ1n) is 6.21. The molecule has 112 valence electrons. The monoisotopic (exact) mass is 308 g/mol. The summed E-state index contributed by atoms with van der Waals surface area (Å²) in [5.74, 6) is -3.24. The Bertz CT molecular complexity index is 468. The molecule has 2 rings (SSSR count). The maximum atomic E-state index is 12.7. The zero-order valence-electron chi connectivity index (χ0n) is 10.6. The summed E-state index contributed by atoms with van der Waals surface area (Å²) in [6.45, 7) is 0. The fourth-order valence-corrected chi connectivity index (χ4v) is 3.27. The largest absolute Gasteiger partial charge is 0.399 e. The summed E-state index contributed by atoms with van der Waals surface area (Å²) in [5, 5.41) is 18.5. The number of hydrogen-bond donors (Lipinski definition) is 2. The van der Waals surface area contributed by atoms with E-state index in [0.717, 1.165) is 37.4 Å². The number of nitrogens with two attached hydrogens (primary N) is 1. The SMILES string of the molecule is N=C(N)C(CSc1nnnn1C1CCCC1)C(F)(F)F. The Morgan fingerprint density at radius 1 is 1.45 bits per heavy atom. The first kappa shape index (κ1) is 15.1. The van der Waals surface area contributed by atoms with Crippen LogP contribution in [0, 0.1) is 11.3 Å². The molecule has 0 radical (unpaired) electrons. The molecule has 10 heteroatoms. The average Bonchev–Trinajstić information content (AvgIpc) is 2.95. The summed E-state index contributed by atoms with van der Waals surface area (Å²) in [5.41, 5.74) is 5.01. The van der Waals surface area contributed by atoms with Crippen LogP contribution in [0.3, 0.4) is 0 Å². The van der Waals surface area contributed by atoms with Crippen LogP contribution in [-0.4, -0.2) is 38.0 Å². The van der Waals surface area contributed by atoms with Gasteiger partial charge in [0.05, 0.1) is 6.04 Å². The smallest absolute Gasteiger partial charge is 0.387 e. The predicted octanol–water partition coefficient (Wildman–Crippen LogP) is 1.99. The lowest BCUT2D eigenvalue weighted by atomic mass is 10.1. The molecule has 1 aromatic heterocycles. The molecule has 0 aromatic carbocycles. The molecule has 6 nitrogen and oxygen atoms in total. The summed E-state index contributed by atoms with van der Waals surface area (Å²) >= 11 is 0.890. The van der Waals surface area contributed by atoms with Crippen molar-refractivity contribution in [1.29, 1.82) is 5.41 Å². The maximum absolute atomic E-state index is 12.7. The van der Waals surface area contributed by atoms with E-state index in [1.165, 1.54) is 0 Å². The number of alkyl halides is 3. The number of thioether (sulfide) groups is 1. The number of nitrogens with one attached hydrogen (secondary N) is 1. The van der Waals surface area contributed by atoms with E-state index < -0.39 is 17.9 Å². The van der Waals surface area contributed by atoms with Crippen molar-refractivity contribution in [2.45, 2.75) is 43.1 Å². The molecule has 0 bridgehead atoms. The molecular formula is C10H15F3N6S. The lowest BCUT2D eigenvalue weighted by molar-refractivity contribution is -0.150. The summed E-state index contributed by atoms with van der Waals surface area (Å²) in [4.78, 5) is 0. The van der Waals surface area contributed by atoms with Gasteiger partial charge in [-0.2, -0.15) is 13.2 Å². The second-order valence-electron chi connectivity index (χ2n) is 4.70. The first-order valence-corrected chi connectivity index (χ1v) is 7.19. The molecule has 1 aromatic rings. The van der Waals surface area contributed by atoms with Gasteiger partial charge in [0.25, 0.3) is 0 Å². The van der Waals surface area contributed by atoms with Gasteiger partial charge in [-0.05, 0) is 23.3 Å². The number of rotatable bonds is 5. The van der Waals surface area contributed by atoms with Crippen LogP contribution in [0.2, 0.25) is 0 Å². The van der Waals surface area contributed by atoms with E-state index >= 15 is 0 Å². The van der Waals surface area contributed by atoms with Gasteiger partial charge in [0.1, 0.15) is 11.8 Å². The van der Waals surface area contributed by atoms with E-state index in [-0.39, 0.29) is 11.8 Å². The topological polar surface area (TPSA) is 93.5 Å². The third-order valence-corrected chi connectivity index (χ3v) is 4.31. The second kappa shape index (κ2) is 5.98. The number of amidine groups is 1. The highest BCUT2D eigenvalue weighted by Gasteiger charge is 2.42. The molecule has 0 spiro atoms. The van der Waals surface area contributed by atoms with Crippen LogP contribution < -0.4 is 5.73 Å². The van der Waals surface area contributed by atoms with Gasteiger partial charge in [-0.15, -0.1) is 5.10 Å². The van der Waals surface area contributed by atoms with Crippen LogP contribution in [0.5, 0.6) is 0 Å². The Hall–Kier alpha value is -1.32. The van der Waals surface area contributed by atoms with E-state index in [1.54, 1.807) is 4.68 Å². The predicted molar refractivity (Wildman–Crippen MR) is 67.5 cm³/mol. The van der Waals surface area contributed by atoms with Crippen molar-refractivity contribution in [2.24, 2.45) is 11.7 Å². The van der Waals surface area contributed by atoms with E-state index in [0.29, 0.717) is 5.16 Å². The second-order valence-corrected chi connectivity index (χ2v) is 5.69. The Labute approximate surface area is 117 Å². The third kappa shape index (κ3) is 3.41.